The number of hydrogen-bond donors (Lipinski definition) is 1. The molecule has 1 aromatic heterocycles. The van der Waals surface area contributed by atoms with Gasteiger partial charge in [-0.15, -0.1) is 6.42 Å². The summed E-state index contributed by atoms with van der Waals surface area (Å²) in [5, 5.41) is 3.00. The van der Waals surface area contributed by atoms with Gasteiger partial charge in [0.25, 0.3) is 0 Å². The molecule has 1 N–H and O–H groups in total. The van der Waals surface area contributed by atoms with Gasteiger partial charge < -0.3 is 10.1 Å². The third kappa shape index (κ3) is 2.34. The van der Waals surface area contributed by atoms with Crippen LogP contribution < -0.4 is 10.1 Å². The first-order chi connectivity index (χ1) is 6.27. The van der Waals surface area contributed by atoms with Crippen LogP contribution in [0.2, 0.25) is 0 Å². The van der Waals surface area contributed by atoms with Crippen molar-refractivity contribution in [3.05, 3.63) is 12.5 Å². The molecule has 1 heterocycles. The number of methoxy groups -OCH3 is 1. The number of hydrogen-bond acceptors (Lipinski definition) is 4. The number of anilines is 1. The van der Waals surface area contributed by atoms with Gasteiger partial charge in [-0.1, -0.05) is 5.92 Å². The van der Waals surface area contributed by atoms with Crippen LogP contribution in [0.4, 0.5) is 5.82 Å². The van der Waals surface area contributed by atoms with Crippen molar-refractivity contribution in [3.63, 3.8) is 0 Å². The molecule has 1 rings (SSSR count). The lowest BCUT2D eigenvalue weighted by Gasteiger charge is -2.10. The molecule has 0 fully saturated rings. The van der Waals surface area contributed by atoms with Crippen LogP contribution >= 0.6 is 0 Å². The molecule has 0 bridgehead atoms. The van der Waals surface area contributed by atoms with E-state index in [1.165, 1.54) is 6.33 Å². The van der Waals surface area contributed by atoms with Crippen LogP contribution in [0.25, 0.3) is 0 Å². The first-order valence-corrected chi connectivity index (χ1v) is 3.84. The van der Waals surface area contributed by atoms with Gasteiger partial charge in [0, 0.05) is 0 Å². The molecule has 0 saturated carbocycles. The Morgan fingerprint density at radius 2 is 2.46 bits per heavy atom. The summed E-state index contributed by atoms with van der Waals surface area (Å²) in [4.78, 5) is 7.82. The van der Waals surface area contributed by atoms with Crippen molar-refractivity contribution in [2.75, 3.05) is 12.4 Å². The molecule has 0 spiro atoms. The Balaban J connectivity index is 2.82. The second kappa shape index (κ2) is 4.31. The minimum Gasteiger partial charge on any atom is -0.491 e. The molecule has 0 aliphatic carbocycles. The minimum atomic E-state index is -0.0798. The molecule has 0 amide bonds. The van der Waals surface area contributed by atoms with Crippen LogP contribution in [-0.2, 0) is 0 Å². The Bertz CT molecular complexity index is 319. The predicted molar refractivity (Wildman–Crippen MR) is 50.5 cm³/mol. The molecule has 4 heteroatoms. The van der Waals surface area contributed by atoms with Crippen molar-refractivity contribution >= 4 is 5.82 Å². The zero-order valence-corrected chi connectivity index (χ0v) is 7.61. The largest absolute Gasteiger partial charge is 0.491 e. The first-order valence-electron chi connectivity index (χ1n) is 3.84. The summed E-state index contributed by atoms with van der Waals surface area (Å²) in [6.45, 7) is 1.86. The van der Waals surface area contributed by atoms with E-state index in [-0.39, 0.29) is 6.04 Å². The maximum Gasteiger partial charge on any atom is 0.179 e. The molecule has 1 atom stereocenters. The van der Waals surface area contributed by atoms with Crippen LogP contribution in [-0.4, -0.2) is 23.1 Å². The Hall–Kier alpha value is -1.76. The molecule has 68 valence electrons. The molecule has 1 unspecified atom stereocenters. The standard InChI is InChI=1S/C9H11N3O/c1-4-7(2)12-9-8(13-3)5-10-6-11-9/h1,5-7H,2-3H3,(H,10,11,12). The number of nitrogens with one attached hydrogen (secondary N) is 1. The Kier molecular flexibility index (Phi) is 3.09. The van der Waals surface area contributed by atoms with Gasteiger partial charge in [0.2, 0.25) is 0 Å². The lowest BCUT2D eigenvalue weighted by molar-refractivity contribution is 0.412. The summed E-state index contributed by atoms with van der Waals surface area (Å²) >= 11 is 0. The Morgan fingerprint density at radius 3 is 3.08 bits per heavy atom. The van der Waals surface area contributed by atoms with Gasteiger partial charge in [0.15, 0.2) is 11.6 Å². The normalized spacial score (nSPS) is 11.5. The number of nitrogens with zero attached hydrogens (tertiary/aromatic N) is 2. The summed E-state index contributed by atoms with van der Waals surface area (Å²) in [7, 11) is 1.56. The fourth-order valence-electron chi connectivity index (χ4n) is 0.821. The average molecular weight is 177 g/mol. The van der Waals surface area contributed by atoms with E-state index in [9.17, 15) is 0 Å². The second-order valence-corrected chi connectivity index (χ2v) is 2.47. The molecule has 0 saturated heterocycles. The maximum atomic E-state index is 5.21. The SMILES string of the molecule is C#CC(C)Nc1ncncc1OC. The molecule has 13 heavy (non-hydrogen) atoms. The molecular formula is C9H11N3O. The quantitative estimate of drug-likeness (QED) is 0.697. The fraction of sp³-hybridized carbons (Fsp3) is 0.333. The highest BCUT2D eigenvalue weighted by atomic mass is 16.5. The summed E-state index contributed by atoms with van der Waals surface area (Å²) in [6, 6.07) is -0.0798. The van der Waals surface area contributed by atoms with Crippen molar-refractivity contribution in [1.82, 2.24) is 9.97 Å². The van der Waals surface area contributed by atoms with Gasteiger partial charge in [-0.3, -0.25) is 0 Å². The van der Waals surface area contributed by atoms with Crippen LogP contribution in [0, 0.1) is 12.3 Å². The Morgan fingerprint density at radius 1 is 1.69 bits per heavy atom. The van der Waals surface area contributed by atoms with E-state index < -0.39 is 0 Å². The van der Waals surface area contributed by atoms with Crippen LogP contribution in [0.3, 0.4) is 0 Å². The maximum absolute atomic E-state index is 5.21. The third-order valence-corrected chi connectivity index (χ3v) is 1.50. The number of aromatic nitrogens is 2. The predicted octanol–water partition coefficient (Wildman–Crippen LogP) is 0.919. The number of rotatable bonds is 3. The van der Waals surface area contributed by atoms with E-state index in [4.69, 9.17) is 11.2 Å². The van der Waals surface area contributed by atoms with Gasteiger partial charge in [0.1, 0.15) is 6.33 Å². The molecule has 0 radical (unpaired) electrons. The monoisotopic (exact) mass is 177 g/mol. The molecule has 0 aliphatic heterocycles. The molecule has 4 nitrogen and oxygen atoms in total. The van der Waals surface area contributed by atoms with E-state index in [1.54, 1.807) is 13.3 Å². The minimum absolute atomic E-state index is 0.0798. The third-order valence-electron chi connectivity index (χ3n) is 1.50. The second-order valence-electron chi connectivity index (χ2n) is 2.47. The van der Waals surface area contributed by atoms with E-state index in [0.29, 0.717) is 11.6 Å². The van der Waals surface area contributed by atoms with E-state index in [0.717, 1.165) is 0 Å². The zero-order valence-electron chi connectivity index (χ0n) is 7.61. The van der Waals surface area contributed by atoms with Crippen molar-refractivity contribution in [3.8, 4) is 18.1 Å². The van der Waals surface area contributed by atoms with Crippen molar-refractivity contribution < 1.29 is 4.74 Å². The van der Waals surface area contributed by atoms with Crippen molar-refractivity contribution in [2.45, 2.75) is 13.0 Å². The van der Waals surface area contributed by atoms with Crippen LogP contribution in [0.1, 0.15) is 6.92 Å². The smallest absolute Gasteiger partial charge is 0.179 e. The lowest BCUT2D eigenvalue weighted by atomic mass is 10.3. The number of ether oxygens (including phenoxy) is 1. The molecular weight excluding hydrogens is 166 g/mol. The van der Waals surface area contributed by atoms with E-state index in [2.05, 4.69) is 21.2 Å². The summed E-state index contributed by atoms with van der Waals surface area (Å²) in [5.41, 5.74) is 0. The average Bonchev–Trinajstić information content (AvgIpc) is 2.18. The molecule has 1 aromatic rings. The summed E-state index contributed by atoms with van der Waals surface area (Å²) < 4.78 is 5.03. The number of terminal acetylenes is 1. The highest BCUT2D eigenvalue weighted by Crippen LogP contribution is 2.18. The highest BCUT2D eigenvalue weighted by molar-refractivity contribution is 5.49. The van der Waals surface area contributed by atoms with Crippen molar-refractivity contribution in [2.24, 2.45) is 0 Å². The van der Waals surface area contributed by atoms with Gasteiger partial charge in [0.05, 0.1) is 19.3 Å². The van der Waals surface area contributed by atoms with Crippen LogP contribution in [0.5, 0.6) is 5.75 Å². The van der Waals surface area contributed by atoms with Gasteiger partial charge >= 0.3 is 0 Å². The highest BCUT2D eigenvalue weighted by Gasteiger charge is 2.05. The van der Waals surface area contributed by atoms with E-state index >= 15 is 0 Å². The van der Waals surface area contributed by atoms with Gasteiger partial charge in [-0.25, -0.2) is 9.97 Å². The summed E-state index contributed by atoms with van der Waals surface area (Å²) in [6.07, 6.45) is 8.24. The molecule has 0 aliphatic rings. The lowest BCUT2D eigenvalue weighted by Crippen LogP contribution is -2.14. The molecule has 0 aromatic carbocycles. The Labute approximate surface area is 77.4 Å². The van der Waals surface area contributed by atoms with Gasteiger partial charge in [-0.2, -0.15) is 0 Å². The van der Waals surface area contributed by atoms with Gasteiger partial charge in [-0.05, 0) is 6.92 Å². The topological polar surface area (TPSA) is 47.0 Å². The summed E-state index contributed by atoms with van der Waals surface area (Å²) in [5.74, 6) is 3.74. The zero-order chi connectivity index (χ0) is 9.68. The fourth-order valence-corrected chi connectivity index (χ4v) is 0.821. The van der Waals surface area contributed by atoms with Crippen molar-refractivity contribution in [1.29, 1.82) is 0 Å². The first kappa shape index (κ1) is 9.33. The van der Waals surface area contributed by atoms with E-state index in [1.807, 2.05) is 6.92 Å². The van der Waals surface area contributed by atoms with Crippen LogP contribution in [0.15, 0.2) is 12.5 Å².